The lowest BCUT2D eigenvalue weighted by Crippen LogP contribution is -2.33. The van der Waals surface area contributed by atoms with Crippen molar-refractivity contribution in [1.82, 2.24) is 10.3 Å². The molecule has 1 N–H and O–H groups in total. The summed E-state index contributed by atoms with van der Waals surface area (Å²) in [7, 11) is 2.08. The molecule has 1 fully saturated rings. The molecular weight excluding hydrogens is 312 g/mol. The predicted molar refractivity (Wildman–Crippen MR) is 88.8 cm³/mol. The summed E-state index contributed by atoms with van der Waals surface area (Å²) in [6, 6.07) is 4.28. The number of aromatic nitrogens is 1. The van der Waals surface area contributed by atoms with Gasteiger partial charge in [-0.2, -0.15) is 0 Å². The number of hydrogen-bond acceptors (Lipinski definition) is 2. The molecule has 3 unspecified atom stereocenters. The van der Waals surface area contributed by atoms with Crippen molar-refractivity contribution in [2.24, 2.45) is 17.8 Å². The number of pyridine rings is 1. The van der Waals surface area contributed by atoms with Gasteiger partial charge in [-0.3, -0.25) is 4.98 Å². The zero-order valence-electron chi connectivity index (χ0n) is 12.7. The van der Waals surface area contributed by atoms with Crippen LogP contribution in [0.2, 0.25) is 0 Å². The van der Waals surface area contributed by atoms with E-state index in [0.717, 1.165) is 35.2 Å². The SMILES string of the molecule is CCCC1CCC(CNC)C(Cc2ccc(Br)cn2)C1. The first-order chi connectivity index (χ1) is 9.72. The summed E-state index contributed by atoms with van der Waals surface area (Å²) in [5.74, 6) is 2.55. The fraction of sp³-hybridized carbons (Fsp3) is 0.706. The zero-order valence-corrected chi connectivity index (χ0v) is 14.3. The van der Waals surface area contributed by atoms with E-state index in [0.29, 0.717) is 0 Å². The van der Waals surface area contributed by atoms with Crippen LogP contribution >= 0.6 is 15.9 Å². The van der Waals surface area contributed by atoms with Crippen molar-refractivity contribution in [2.45, 2.75) is 45.4 Å². The minimum absolute atomic E-state index is 0.793. The molecule has 0 spiro atoms. The molecule has 1 saturated carbocycles. The van der Waals surface area contributed by atoms with Crippen molar-refractivity contribution in [2.75, 3.05) is 13.6 Å². The molecule has 1 aromatic heterocycles. The van der Waals surface area contributed by atoms with E-state index in [9.17, 15) is 0 Å². The van der Waals surface area contributed by atoms with Crippen molar-refractivity contribution in [3.05, 3.63) is 28.5 Å². The Bertz CT molecular complexity index is 390. The summed E-state index contributed by atoms with van der Waals surface area (Å²) in [4.78, 5) is 4.57. The van der Waals surface area contributed by atoms with Crippen LogP contribution in [-0.2, 0) is 6.42 Å². The highest BCUT2D eigenvalue weighted by molar-refractivity contribution is 9.10. The molecule has 3 heteroatoms. The number of halogens is 1. The van der Waals surface area contributed by atoms with Crippen molar-refractivity contribution < 1.29 is 0 Å². The van der Waals surface area contributed by atoms with E-state index < -0.39 is 0 Å². The summed E-state index contributed by atoms with van der Waals surface area (Å²) in [6.45, 7) is 3.46. The first-order valence-corrected chi connectivity index (χ1v) is 8.77. The van der Waals surface area contributed by atoms with Crippen LogP contribution in [0.4, 0.5) is 0 Å². The fourth-order valence-corrected chi connectivity index (χ4v) is 3.91. The van der Waals surface area contributed by atoms with E-state index in [-0.39, 0.29) is 0 Å². The molecule has 1 aromatic rings. The minimum Gasteiger partial charge on any atom is -0.319 e. The lowest BCUT2D eigenvalue weighted by molar-refractivity contribution is 0.168. The molecule has 3 atom stereocenters. The normalized spacial score (nSPS) is 26.6. The van der Waals surface area contributed by atoms with Crippen molar-refractivity contribution in [3.63, 3.8) is 0 Å². The Labute approximate surface area is 131 Å². The van der Waals surface area contributed by atoms with Gasteiger partial charge in [0.25, 0.3) is 0 Å². The fourth-order valence-electron chi connectivity index (χ4n) is 3.67. The molecule has 2 nitrogen and oxygen atoms in total. The molecule has 0 amide bonds. The highest BCUT2D eigenvalue weighted by Crippen LogP contribution is 2.37. The number of rotatable bonds is 6. The quantitative estimate of drug-likeness (QED) is 0.829. The van der Waals surface area contributed by atoms with Gasteiger partial charge in [0.2, 0.25) is 0 Å². The van der Waals surface area contributed by atoms with Crippen LogP contribution in [0, 0.1) is 17.8 Å². The Morgan fingerprint density at radius 3 is 2.80 bits per heavy atom. The van der Waals surface area contributed by atoms with Crippen LogP contribution in [0.25, 0.3) is 0 Å². The van der Waals surface area contributed by atoms with Crippen LogP contribution in [0.3, 0.4) is 0 Å². The van der Waals surface area contributed by atoms with E-state index in [1.54, 1.807) is 0 Å². The van der Waals surface area contributed by atoms with Crippen LogP contribution in [0.5, 0.6) is 0 Å². The molecule has 0 bridgehead atoms. The van der Waals surface area contributed by atoms with Gasteiger partial charge in [-0.1, -0.05) is 26.2 Å². The molecule has 0 radical (unpaired) electrons. The summed E-state index contributed by atoms with van der Waals surface area (Å²) in [6.07, 6.45) is 9.98. The molecule has 0 aromatic carbocycles. The average molecular weight is 339 g/mol. The van der Waals surface area contributed by atoms with Crippen molar-refractivity contribution in [1.29, 1.82) is 0 Å². The molecule has 0 saturated heterocycles. The second kappa shape index (κ2) is 8.14. The first kappa shape index (κ1) is 16.0. The lowest BCUT2D eigenvalue weighted by Gasteiger charge is -2.36. The van der Waals surface area contributed by atoms with Gasteiger partial charge in [0.15, 0.2) is 0 Å². The van der Waals surface area contributed by atoms with Gasteiger partial charge in [-0.05, 0) is 78.7 Å². The van der Waals surface area contributed by atoms with Crippen LogP contribution < -0.4 is 5.32 Å². The summed E-state index contributed by atoms with van der Waals surface area (Å²) in [5.41, 5.74) is 1.25. The number of hydrogen-bond donors (Lipinski definition) is 1. The van der Waals surface area contributed by atoms with Crippen LogP contribution in [-0.4, -0.2) is 18.6 Å². The maximum Gasteiger partial charge on any atom is 0.0413 e. The molecule has 1 aliphatic carbocycles. The van der Waals surface area contributed by atoms with Gasteiger partial charge in [0.05, 0.1) is 0 Å². The van der Waals surface area contributed by atoms with E-state index in [1.165, 1.54) is 37.8 Å². The van der Waals surface area contributed by atoms with Gasteiger partial charge in [-0.15, -0.1) is 0 Å². The highest BCUT2D eigenvalue weighted by atomic mass is 79.9. The highest BCUT2D eigenvalue weighted by Gasteiger charge is 2.29. The Morgan fingerprint density at radius 2 is 2.15 bits per heavy atom. The second-order valence-electron chi connectivity index (χ2n) is 6.22. The van der Waals surface area contributed by atoms with E-state index in [2.05, 4.69) is 52.3 Å². The van der Waals surface area contributed by atoms with Gasteiger partial charge in [0.1, 0.15) is 0 Å². The van der Waals surface area contributed by atoms with Gasteiger partial charge >= 0.3 is 0 Å². The van der Waals surface area contributed by atoms with Crippen molar-refractivity contribution in [3.8, 4) is 0 Å². The molecule has 20 heavy (non-hydrogen) atoms. The summed E-state index contributed by atoms with van der Waals surface area (Å²) in [5, 5.41) is 3.38. The maximum atomic E-state index is 4.57. The standard InChI is InChI=1S/C17H27BrN2/c1-3-4-13-5-6-14(11-19-2)15(9-13)10-17-8-7-16(18)12-20-17/h7-8,12-15,19H,3-6,9-11H2,1-2H3. The minimum atomic E-state index is 0.793. The monoisotopic (exact) mass is 338 g/mol. The zero-order chi connectivity index (χ0) is 14.4. The smallest absolute Gasteiger partial charge is 0.0413 e. The number of nitrogens with one attached hydrogen (secondary N) is 1. The molecule has 1 heterocycles. The van der Waals surface area contributed by atoms with Crippen LogP contribution in [0.1, 0.15) is 44.7 Å². The maximum absolute atomic E-state index is 4.57. The van der Waals surface area contributed by atoms with E-state index >= 15 is 0 Å². The summed E-state index contributed by atoms with van der Waals surface area (Å²) >= 11 is 3.46. The average Bonchev–Trinajstić information content (AvgIpc) is 2.45. The Hall–Kier alpha value is -0.410. The van der Waals surface area contributed by atoms with Gasteiger partial charge in [0, 0.05) is 16.4 Å². The molecule has 0 aliphatic heterocycles. The van der Waals surface area contributed by atoms with Crippen LogP contribution in [0.15, 0.2) is 22.8 Å². The Morgan fingerprint density at radius 1 is 1.30 bits per heavy atom. The third-order valence-corrected chi connectivity index (χ3v) is 5.14. The Balaban J connectivity index is 2.00. The first-order valence-electron chi connectivity index (χ1n) is 7.98. The molecule has 112 valence electrons. The van der Waals surface area contributed by atoms with E-state index in [4.69, 9.17) is 0 Å². The molecule has 1 aliphatic rings. The largest absolute Gasteiger partial charge is 0.319 e. The van der Waals surface area contributed by atoms with Gasteiger partial charge < -0.3 is 5.32 Å². The molecule has 2 rings (SSSR count). The topological polar surface area (TPSA) is 24.9 Å². The summed E-state index contributed by atoms with van der Waals surface area (Å²) < 4.78 is 1.07. The second-order valence-corrected chi connectivity index (χ2v) is 7.13. The van der Waals surface area contributed by atoms with E-state index in [1.807, 2.05) is 6.20 Å². The number of nitrogens with zero attached hydrogens (tertiary/aromatic N) is 1. The lowest BCUT2D eigenvalue weighted by atomic mass is 9.71. The molecular formula is C17H27BrN2. The third-order valence-electron chi connectivity index (χ3n) is 4.67. The predicted octanol–water partition coefficient (Wildman–Crippen LogP) is 4.44. The van der Waals surface area contributed by atoms with Crippen molar-refractivity contribution >= 4 is 15.9 Å². The third kappa shape index (κ3) is 4.56. The Kier molecular flexibility index (Phi) is 6.50. The van der Waals surface area contributed by atoms with Gasteiger partial charge in [-0.25, -0.2) is 0 Å².